The van der Waals surface area contributed by atoms with E-state index in [-0.39, 0.29) is 12.5 Å². The third-order valence-electron chi connectivity index (χ3n) is 4.83. The van der Waals surface area contributed by atoms with E-state index in [4.69, 9.17) is 11.6 Å². The van der Waals surface area contributed by atoms with Gasteiger partial charge >= 0.3 is 11.8 Å². The van der Waals surface area contributed by atoms with Crippen LogP contribution >= 0.6 is 11.6 Å². The molecular formula is C21H22ClN3O3. The van der Waals surface area contributed by atoms with Crippen LogP contribution in [0.25, 0.3) is 0 Å². The Morgan fingerprint density at radius 3 is 2.43 bits per heavy atom. The number of nitrogens with zero attached hydrogens (tertiary/aromatic N) is 2. The second-order valence-corrected chi connectivity index (χ2v) is 7.32. The van der Waals surface area contributed by atoms with Gasteiger partial charge in [0.1, 0.15) is 6.54 Å². The van der Waals surface area contributed by atoms with Crippen molar-refractivity contribution in [2.45, 2.75) is 20.4 Å². The highest BCUT2D eigenvalue weighted by atomic mass is 35.5. The molecule has 0 radical (unpaired) electrons. The van der Waals surface area contributed by atoms with Gasteiger partial charge in [0.05, 0.1) is 0 Å². The molecule has 1 saturated heterocycles. The van der Waals surface area contributed by atoms with Crippen molar-refractivity contribution in [3.63, 3.8) is 0 Å². The van der Waals surface area contributed by atoms with Crippen LogP contribution in [-0.2, 0) is 20.9 Å². The van der Waals surface area contributed by atoms with E-state index >= 15 is 0 Å². The van der Waals surface area contributed by atoms with Crippen LogP contribution in [0.3, 0.4) is 0 Å². The van der Waals surface area contributed by atoms with E-state index in [1.54, 1.807) is 18.2 Å². The topological polar surface area (TPSA) is 69.7 Å². The summed E-state index contributed by atoms with van der Waals surface area (Å²) in [5.74, 6) is -1.60. The number of hydrogen-bond acceptors (Lipinski definition) is 3. The first-order chi connectivity index (χ1) is 13.3. The molecule has 0 unspecified atom stereocenters. The number of rotatable bonds is 5. The molecule has 1 heterocycles. The predicted molar refractivity (Wildman–Crippen MR) is 108 cm³/mol. The number of piperazine rings is 1. The van der Waals surface area contributed by atoms with E-state index in [1.807, 2.05) is 38.1 Å². The molecule has 2 aromatic rings. The summed E-state index contributed by atoms with van der Waals surface area (Å²) >= 11 is 5.96. The summed E-state index contributed by atoms with van der Waals surface area (Å²) in [5.41, 5.74) is 3.53. The van der Waals surface area contributed by atoms with Crippen LogP contribution in [0.4, 0.5) is 5.69 Å². The Kier molecular flexibility index (Phi) is 5.99. The first-order valence-electron chi connectivity index (χ1n) is 9.04. The van der Waals surface area contributed by atoms with Crippen LogP contribution in [0.1, 0.15) is 16.7 Å². The number of carbonyl (C=O) groups is 3. The summed E-state index contributed by atoms with van der Waals surface area (Å²) in [6, 6.07) is 13.0. The molecule has 0 aliphatic carbocycles. The Morgan fingerprint density at radius 2 is 1.68 bits per heavy atom. The van der Waals surface area contributed by atoms with Gasteiger partial charge in [-0.05, 0) is 42.7 Å². The van der Waals surface area contributed by atoms with Crippen LogP contribution in [0.5, 0.6) is 0 Å². The fourth-order valence-electron chi connectivity index (χ4n) is 3.10. The summed E-state index contributed by atoms with van der Waals surface area (Å²) in [6.07, 6.45) is 0. The lowest BCUT2D eigenvalue weighted by Crippen LogP contribution is -2.55. The minimum Gasteiger partial charge on any atom is -0.328 e. The number of aryl methyl sites for hydroxylation is 2. The number of benzene rings is 2. The maximum atomic E-state index is 12.5. The number of amides is 3. The number of anilines is 1. The lowest BCUT2D eigenvalue weighted by Gasteiger charge is -2.33. The summed E-state index contributed by atoms with van der Waals surface area (Å²) < 4.78 is 0. The highest BCUT2D eigenvalue weighted by Gasteiger charge is 2.33. The van der Waals surface area contributed by atoms with Gasteiger partial charge < -0.3 is 15.1 Å². The highest BCUT2D eigenvalue weighted by Crippen LogP contribution is 2.20. The van der Waals surface area contributed by atoms with E-state index in [0.717, 1.165) is 16.7 Å². The first-order valence-corrected chi connectivity index (χ1v) is 9.41. The monoisotopic (exact) mass is 399 g/mol. The van der Waals surface area contributed by atoms with Crippen molar-refractivity contribution >= 4 is 35.0 Å². The standard InChI is InChI=1S/C21H22ClN3O3/c1-14-5-3-4-6-16(14)12-24-9-10-25(21(28)20(24)27)13-19(26)23-18-11-17(22)8-7-15(18)2/h3-8,11H,9-10,12-13H2,1-2H3,(H,23,26). The zero-order valence-corrected chi connectivity index (χ0v) is 16.6. The largest absolute Gasteiger partial charge is 0.328 e. The fraction of sp³-hybridized carbons (Fsp3) is 0.286. The van der Waals surface area contributed by atoms with Gasteiger partial charge in [-0.3, -0.25) is 14.4 Å². The quantitative estimate of drug-likeness (QED) is 0.786. The molecule has 28 heavy (non-hydrogen) atoms. The van der Waals surface area contributed by atoms with Gasteiger partial charge in [0, 0.05) is 30.3 Å². The molecule has 3 rings (SSSR count). The molecule has 0 spiro atoms. The highest BCUT2D eigenvalue weighted by molar-refractivity contribution is 6.35. The van der Waals surface area contributed by atoms with E-state index < -0.39 is 11.8 Å². The second-order valence-electron chi connectivity index (χ2n) is 6.89. The number of carbonyl (C=O) groups excluding carboxylic acids is 3. The van der Waals surface area contributed by atoms with Gasteiger partial charge in [-0.25, -0.2) is 0 Å². The molecule has 1 N–H and O–H groups in total. The Hall–Kier alpha value is -2.86. The summed E-state index contributed by atoms with van der Waals surface area (Å²) in [4.78, 5) is 40.1. The predicted octanol–water partition coefficient (Wildman–Crippen LogP) is 2.77. The smallest absolute Gasteiger partial charge is 0.312 e. The average Bonchev–Trinajstić information content (AvgIpc) is 2.66. The number of hydrogen-bond donors (Lipinski definition) is 1. The Labute approximate surface area is 169 Å². The lowest BCUT2D eigenvalue weighted by molar-refractivity contribution is -0.157. The summed E-state index contributed by atoms with van der Waals surface area (Å²) in [7, 11) is 0. The van der Waals surface area contributed by atoms with Gasteiger partial charge in [0.25, 0.3) is 0 Å². The number of halogens is 1. The molecule has 0 bridgehead atoms. The maximum absolute atomic E-state index is 12.5. The molecule has 1 aliphatic heterocycles. The molecule has 1 aliphatic rings. The first kappa shape index (κ1) is 19.9. The Morgan fingerprint density at radius 1 is 1.00 bits per heavy atom. The molecule has 6 nitrogen and oxygen atoms in total. The zero-order valence-electron chi connectivity index (χ0n) is 15.9. The van der Waals surface area contributed by atoms with Crippen LogP contribution in [0.2, 0.25) is 5.02 Å². The molecule has 2 aromatic carbocycles. The number of nitrogens with one attached hydrogen (secondary N) is 1. The lowest BCUT2D eigenvalue weighted by atomic mass is 10.1. The fourth-order valence-corrected chi connectivity index (χ4v) is 3.27. The molecule has 3 amide bonds. The van der Waals surface area contributed by atoms with Gasteiger partial charge in [-0.15, -0.1) is 0 Å². The van der Waals surface area contributed by atoms with E-state index in [2.05, 4.69) is 5.32 Å². The van der Waals surface area contributed by atoms with Gasteiger partial charge in [0.15, 0.2) is 0 Å². The average molecular weight is 400 g/mol. The normalized spacial score (nSPS) is 14.4. The van der Waals surface area contributed by atoms with Crippen LogP contribution in [0, 0.1) is 13.8 Å². The summed E-state index contributed by atoms with van der Waals surface area (Å²) in [6.45, 7) is 4.75. The molecule has 7 heteroatoms. The second kappa shape index (κ2) is 8.44. The van der Waals surface area contributed by atoms with Gasteiger partial charge in [0.2, 0.25) is 5.91 Å². The van der Waals surface area contributed by atoms with Crippen molar-refractivity contribution in [1.82, 2.24) is 9.80 Å². The Bertz CT molecular complexity index is 929. The third-order valence-corrected chi connectivity index (χ3v) is 5.06. The van der Waals surface area contributed by atoms with Crippen molar-refractivity contribution in [1.29, 1.82) is 0 Å². The molecule has 1 fully saturated rings. The van der Waals surface area contributed by atoms with Crippen molar-refractivity contribution < 1.29 is 14.4 Å². The maximum Gasteiger partial charge on any atom is 0.312 e. The molecular weight excluding hydrogens is 378 g/mol. The Balaban J connectivity index is 1.60. The van der Waals surface area contributed by atoms with Crippen LogP contribution < -0.4 is 5.32 Å². The van der Waals surface area contributed by atoms with E-state index in [0.29, 0.717) is 30.3 Å². The third kappa shape index (κ3) is 4.51. The molecule has 0 atom stereocenters. The summed E-state index contributed by atoms with van der Waals surface area (Å²) in [5, 5.41) is 3.26. The van der Waals surface area contributed by atoms with Crippen molar-refractivity contribution in [3.8, 4) is 0 Å². The molecule has 0 saturated carbocycles. The van der Waals surface area contributed by atoms with Crippen molar-refractivity contribution in [3.05, 3.63) is 64.2 Å². The minimum atomic E-state index is -0.655. The van der Waals surface area contributed by atoms with Crippen LogP contribution in [-0.4, -0.2) is 47.2 Å². The van der Waals surface area contributed by atoms with Gasteiger partial charge in [-0.2, -0.15) is 0 Å². The van der Waals surface area contributed by atoms with Crippen LogP contribution in [0.15, 0.2) is 42.5 Å². The van der Waals surface area contributed by atoms with Gasteiger partial charge in [-0.1, -0.05) is 41.9 Å². The molecule has 146 valence electrons. The minimum absolute atomic E-state index is 0.172. The molecule has 0 aromatic heterocycles. The van der Waals surface area contributed by atoms with E-state index in [9.17, 15) is 14.4 Å². The van der Waals surface area contributed by atoms with Crippen molar-refractivity contribution in [2.75, 3.05) is 25.0 Å². The SMILES string of the molecule is Cc1ccccc1CN1CCN(CC(=O)Nc2cc(Cl)ccc2C)C(=O)C1=O. The van der Waals surface area contributed by atoms with E-state index in [1.165, 1.54) is 9.80 Å². The van der Waals surface area contributed by atoms with Crippen molar-refractivity contribution in [2.24, 2.45) is 0 Å². The zero-order chi connectivity index (χ0) is 20.3.